The van der Waals surface area contributed by atoms with Gasteiger partial charge in [-0.25, -0.2) is 4.98 Å². The predicted octanol–water partition coefficient (Wildman–Crippen LogP) is 2.33. The van der Waals surface area contributed by atoms with Gasteiger partial charge in [0.15, 0.2) is 0 Å². The molecule has 3 rings (SSSR count). The molecule has 106 valence electrons. The van der Waals surface area contributed by atoms with E-state index in [9.17, 15) is 5.26 Å². The Balaban J connectivity index is 1.74. The van der Waals surface area contributed by atoms with Crippen LogP contribution < -0.4 is 4.90 Å². The highest BCUT2D eigenvalue weighted by molar-refractivity contribution is 5.57. The third-order valence-corrected chi connectivity index (χ3v) is 4.62. The molecule has 20 heavy (non-hydrogen) atoms. The highest BCUT2D eigenvalue weighted by Gasteiger charge is 2.30. The molecule has 1 unspecified atom stereocenters. The summed E-state index contributed by atoms with van der Waals surface area (Å²) >= 11 is 0. The van der Waals surface area contributed by atoms with Gasteiger partial charge in [-0.3, -0.25) is 4.90 Å². The van der Waals surface area contributed by atoms with Crippen LogP contribution in [-0.4, -0.2) is 42.1 Å². The highest BCUT2D eigenvalue weighted by atomic mass is 15.3. The van der Waals surface area contributed by atoms with Gasteiger partial charge in [0.1, 0.15) is 11.9 Å². The first kappa shape index (κ1) is 13.4. The maximum absolute atomic E-state index is 9.35. The van der Waals surface area contributed by atoms with E-state index in [0.717, 1.165) is 30.0 Å². The molecule has 2 aliphatic rings. The van der Waals surface area contributed by atoms with Crippen molar-refractivity contribution in [3.05, 3.63) is 23.4 Å². The first-order valence-corrected chi connectivity index (χ1v) is 7.64. The molecule has 0 aliphatic carbocycles. The topological polar surface area (TPSA) is 43.2 Å². The molecule has 0 saturated carbocycles. The Morgan fingerprint density at radius 3 is 2.80 bits per heavy atom. The Bertz CT molecular complexity index is 514. The molecule has 0 N–H and O–H groups in total. The monoisotopic (exact) mass is 270 g/mol. The third-order valence-electron chi connectivity index (χ3n) is 4.62. The number of nitriles is 1. The van der Waals surface area contributed by atoms with Crippen LogP contribution in [0.2, 0.25) is 0 Å². The number of rotatable bonds is 2. The first-order valence-electron chi connectivity index (χ1n) is 7.64. The summed E-state index contributed by atoms with van der Waals surface area (Å²) in [6, 6.07) is 4.88. The Kier molecular flexibility index (Phi) is 3.88. The summed E-state index contributed by atoms with van der Waals surface area (Å²) in [5.74, 6) is 0.881. The molecule has 4 heteroatoms. The predicted molar refractivity (Wildman–Crippen MR) is 79.7 cm³/mol. The second-order valence-corrected chi connectivity index (χ2v) is 5.92. The Hall–Kier alpha value is -1.60. The molecular formula is C16H22N4. The zero-order valence-electron chi connectivity index (χ0n) is 12.2. The number of piperidine rings is 1. The van der Waals surface area contributed by atoms with Crippen molar-refractivity contribution in [1.82, 2.24) is 9.88 Å². The second-order valence-electron chi connectivity index (χ2n) is 5.92. The molecule has 2 fully saturated rings. The van der Waals surface area contributed by atoms with Gasteiger partial charge in [0.2, 0.25) is 0 Å². The quantitative estimate of drug-likeness (QED) is 0.827. The van der Waals surface area contributed by atoms with E-state index in [1.54, 1.807) is 0 Å². The fraction of sp³-hybridized carbons (Fsp3) is 0.625. The van der Waals surface area contributed by atoms with Crippen molar-refractivity contribution < 1.29 is 0 Å². The van der Waals surface area contributed by atoms with Gasteiger partial charge in [-0.2, -0.15) is 5.26 Å². The lowest BCUT2D eigenvalue weighted by atomic mass is 10.1. The molecule has 0 bridgehead atoms. The number of aryl methyl sites for hydroxylation is 1. The minimum absolute atomic E-state index is 0.643. The number of anilines is 1. The summed E-state index contributed by atoms with van der Waals surface area (Å²) in [7, 11) is 0. The van der Waals surface area contributed by atoms with E-state index in [-0.39, 0.29) is 0 Å². The zero-order chi connectivity index (χ0) is 13.9. The SMILES string of the molecule is Cc1ccnc(N2CCC(N3CCCCC3)C2)c1C#N. The number of hydrogen-bond donors (Lipinski definition) is 0. The van der Waals surface area contributed by atoms with Gasteiger partial charge in [-0.15, -0.1) is 0 Å². The molecule has 0 spiro atoms. The van der Waals surface area contributed by atoms with E-state index in [2.05, 4.69) is 20.9 Å². The Labute approximate surface area is 121 Å². The molecule has 1 atom stereocenters. The number of aromatic nitrogens is 1. The average molecular weight is 270 g/mol. The van der Waals surface area contributed by atoms with Gasteiger partial charge in [-0.05, 0) is 50.9 Å². The van der Waals surface area contributed by atoms with Crippen molar-refractivity contribution >= 4 is 5.82 Å². The molecular weight excluding hydrogens is 248 g/mol. The zero-order valence-corrected chi connectivity index (χ0v) is 12.2. The van der Waals surface area contributed by atoms with E-state index in [4.69, 9.17) is 0 Å². The molecule has 1 aromatic heterocycles. The van der Waals surface area contributed by atoms with Gasteiger partial charge >= 0.3 is 0 Å². The van der Waals surface area contributed by atoms with Crippen LogP contribution in [0.1, 0.15) is 36.8 Å². The summed E-state index contributed by atoms with van der Waals surface area (Å²) in [5.41, 5.74) is 1.77. The number of nitrogens with zero attached hydrogens (tertiary/aromatic N) is 4. The van der Waals surface area contributed by atoms with Gasteiger partial charge in [0.25, 0.3) is 0 Å². The van der Waals surface area contributed by atoms with Crippen LogP contribution in [0.3, 0.4) is 0 Å². The van der Waals surface area contributed by atoms with Crippen molar-refractivity contribution in [1.29, 1.82) is 5.26 Å². The van der Waals surface area contributed by atoms with Crippen LogP contribution in [0.25, 0.3) is 0 Å². The molecule has 3 heterocycles. The summed E-state index contributed by atoms with van der Waals surface area (Å²) in [4.78, 5) is 9.38. The number of hydrogen-bond acceptors (Lipinski definition) is 4. The molecule has 0 aromatic carbocycles. The first-order chi connectivity index (χ1) is 9.79. The summed E-state index contributed by atoms with van der Waals surface area (Å²) < 4.78 is 0. The standard InChI is InChI=1S/C16H22N4/c1-13-5-7-18-16(15(13)11-17)20-10-6-14(12-20)19-8-3-2-4-9-19/h5,7,14H,2-4,6,8-10,12H2,1H3. The van der Waals surface area contributed by atoms with E-state index < -0.39 is 0 Å². The second kappa shape index (κ2) is 5.80. The highest BCUT2D eigenvalue weighted by Crippen LogP contribution is 2.27. The molecule has 2 aliphatic heterocycles. The van der Waals surface area contributed by atoms with Crippen LogP contribution >= 0.6 is 0 Å². The van der Waals surface area contributed by atoms with Gasteiger partial charge in [-0.1, -0.05) is 6.42 Å². The molecule has 0 radical (unpaired) electrons. The number of likely N-dealkylation sites (tertiary alicyclic amines) is 1. The lowest BCUT2D eigenvalue weighted by Gasteiger charge is -2.32. The Morgan fingerprint density at radius 2 is 2.05 bits per heavy atom. The fourth-order valence-electron chi connectivity index (χ4n) is 3.44. The van der Waals surface area contributed by atoms with E-state index >= 15 is 0 Å². The minimum Gasteiger partial charge on any atom is -0.354 e. The fourth-order valence-corrected chi connectivity index (χ4v) is 3.44. The molecule has 2 saturated heterocycles. The lowest BCUT2D eigenvalue weighted by molar-refractivity contribution is 0.175. The van der Waals surface area contributed by atoms with Crippen molar-refractivity contribution in [3.63, 3.8) is 0 Å². The van der Waals surface area contributed by atoms with Gasteiger partial charge in [0.05, 0.1) is 5.56 Å². The summed E-state index contributed by atoms with van der Waals surface area (Å²) in [6.07, 6.45) is 7.07. The smallest absolute Gasteiger partial charge is 0.146 e. The van der Waals surface area contributed by atoms with E-state index in [1.165, 1.54) is 38.8 Å². The largest absolute Gasteiger partial charge is 0.354 e. The lowest BCUT2D eigenvalue weighted by Crippen LogP contribution is -2.41. The van der Waals surface area contributed by atoms with Crippen LogP contribution in [-0.2, 0) is 0 Å². The van der Waals surface area contributed by atoms with E-state index in [1.807, 2.05) is 19.2 Å². The molecule has 4 nitrogen and oxygen atoms in total. The van der Waals surface area contributed by atoms with Crippen molar-refractivity contribution in [2.75, 3.05) is 31.1 Å². The van der Waals surface area contributed by atoms with Crippen molar-refractivity contribution in [2.24, 2.45) is 0 Å². The maximum Gasteiger partial charge on any atom is 0.146 e. The average Bonchev–Trinajstić information content (AvgIpc) is 2.97. The van der Waals surface area contributed by atoms with Gasteiger partial charge in [0, 0.05) is 25.3 Å². The molecule has 1 aromatic rings. The normalized spacial score (nSPS) is 23.8. The van der Waals surface area contributed by atoms with Crippen molar-refractivity contribution in [3.8, 4) is 6.07 Å². The molecule has 0 amide bonds. The van der Waals surface area contributed by atoms with Crippen LogP contribution in [0, 0.1) is 18.3 Å². The van der Waals surface area contributed by atoms with E-state index in [0.29, 0.717) is 6.04 Å². The number of pyridine rings is 1. The van der Waals surface area contributed by atoms with Crippen LogP contribution in [0.4, 0.5) is 5.82 Å². The maximum atomic E-state index is 9.35. The summed E-state index contributed by atoms with van der Waals surface area (Å²) in [6.45, 7) is 6.51. The third kappa shape index (κ3) is 2.51. The van der Waals surface area contributed by atoms with Crippen LogP contribution in [0.15, 0.2) is 12.3 Å². The van der Waals surface area contributed by atoms with Gasteiger partial charge < -0.3 is 4.90 Å². The minimum atomic E-state index is 0.643. The summed E-state index contributed by atoms with van der Waals surface area (Å²) in [5, 5.41) is 9.35. The van der Waals surface area contributed by atoms with Crippen LogP contribution in [0.5, 0.6) is 0 Å². The van der Waals surface area contributed by atoms with Crippen molar-refractivity contribution in [2.45, 2.75) is 38.6 Å². The Morgan fingerprint density at radius 1 is 1.25 bits per heavy atom.